The van der Waals surface area contributed by atoms with Gasteiger partial charge in [-0.05, 0) is 42.5 Å². The van der Waals surface area contributed by atoms with Crippen molar-refractivity contribution in [2.75, 3.05) is 25.5 Å². The Morgan fingerprint density at radius 2 is 1.91 bits per heavy atom. The number of pyridine rings is 1. The molecule has 3 aliphatic rings. The summed E-state index contributed by atoms with van der Waals surface area (Å²) < 4.78 is 20.6. The highest BCUT2D eigenvalue weighted by Gasteiger charge is 2.38. The predicted molar refractivity (Wildman–Crippen MR) is 123 cm³/mol. The summed E-state index contributed by atoms with van der Waals surface area (Å²) in [6.45, 7) is 0.288. The second kappa shape index (κ2) is 8.05. The summed E-state index contributed by atoms with van der Waals surface area (Å²) in [5.74, 6) is -1.85. The number of rotatable bonds is 5. The zero-order chi connectivity index (χ0) is 24.1. The van der Waals surface area contributed by atoms with Crippen molar-refractivity contribution in [3.05, 3.63) is 68.6 Å². The first-order valence-electron chi connectivity index (χ1n) is 10.9. The van der Waals surface area contributed by atoms with Crippen LogP contribution < -0.4 is 21.1 Å². The number of nitrogens with zero attached hydrogens (tertiary/aromatic N) is 2. The summed E-state index contributed by atoms with van der Waals surface area (Å²) in [6.07, 6.45) is 3.36. The molecule has 2 aliphatic heterocycles. The van der Waals surface area contributed by atoms with Gasteiger partial charge in [0.05, 0.1) is 6.20 Å². The van der Waals surface area contributed by atoms with Gasteiger partial charge in [0.2, 0.25) is 5.76 Å². The molecule has 0 spiro atoms. The molecule has 1 saturated carbocycles. The molecule has 1 aromatic heterocycles. The van der Waals surface area contributed by atoms with Crippen LogP contribution in [0.3, 0.4) is 0 Å². The number of carbonyl (C=O) groups is 2. The monoisotopic (exact) mass is 466 g/mol. The standard InChI is InChI=1S/C24H23FN4O5/c1-26-23(32)17-20(30)18-19-21(13(10-28(18)2)9-12-3-5-14(25)6-4-12)34-16(11-29(19)24(17)33)22(31)27-15-7-8-15/h3-6,11,15,30H,7-10H2,1-2H3,(H,26,32)(H,27,31). The number of likely N-dealkylation sites (N-methyl/N-ethyl adjacent to an activating group) is 1. The maximum atomic E-state index is 13.4. The van der Waals surface area contributed by atoms with Gasteiger partial charge >= 0.3 is 0 Å². The summed E-state index contributed by atoms with van der Waals surface area (Å²) in [5, 5.41) is 16.1. The van der Waals surface area contributed by atoms with Crippen LogP contribution in [-0.4, -0.2) is 48.2 Å². The van der Waals surface area contributed by atoms with E-state index in [9.17, 15) is 23.9 Å². The number of anilines is 1. The van der Waals surface area contributed by atoms with E-state index in [4.69, 9.17) is 4.74 Å². The molecule has 176 valence electrons. The zero-order valence-electron chi connectivity index (χ0n) is 18.6. The topological polar surface area (TPSA) is 113 Å². The number of aromatic nitrogens is 1. The molecule has 10 heteroatoms. The lowest BCUT2D eigenvalue weighted by Crippen LogP contribution is -2.39. The highest BCUT2D eigenvalue weighted by atomic mass is 19.1. The number of amides is 2. The fourth-order valence-corrected chi connectivity index (χ4v) is 4.25. The Morgan fingerprint density at radius 1 is 1.21 bits per heavy atom. The van der Waals surface area contributed by atoms with E-state index in [1.165, 1.54) is 29.9 Å². The van der Waals surface area contributed by atoms with E-state index in [0.29, 0.717) is 6.42 Å². The number of ether oxygens (including phenoxy) is 1. The van der Waals surface area contributed by atoms with Crippen LogP contribution in [0.4, 0.5) is 10.1 Å². The quantitative estimate of drug-likeness (QED) is 0.617. The third-order valence-corrected chi connectivity index (χ3v) is 6.08. The van der Waals surface area contributed by atoms with Crippen molar-refractivity contribution in [1.82, 2.24) is 15.2 Å². The SMILES string of the molecule is CNC(=O)c1c(O)c2c3n(c1=O)C=C(C(=O)NC1CC1)OC3=C(Cc1ccc(F)cc1)CN2C. The normalized spacial score (nSPS) is 16.4. The molecule has 1 aromatic carbocycles. The summed E-state index contributed by atoms with van der Waals surface area (Å²) in [4.78, 5) is 40.3. The van der Waals surface area contributed by atoms with Crippen LogP contribution in [-0.2, 0) is 16.0 Å². The van der Waals surface area contributed by atoms with E-state index in [0.717, 1.165) is 24.0 Å². The van der Waals surface area contributed by atoms with Gasteiger partial charge in [0.15, 0.2) is 11.5 Å². The lowest BCUT2D eigenvalue weighted by molar-refractivity contribution is -0.119. The van der Waals surface area contributed by atoms with E-state index < -0.39 is 28.7 Å². The van der Waals surface area contributed by atoms with Gasteiger partial charge in [-0.1, -0.05) is 12.1 Å². The van der Waals surface area contributed by atoms with E-state index in [-0.39, 0.29) is 41.3 Å². The molecule has 1 fully saturated rings. The van der Waals surface area contributed by atoms with Gasteiger partial charge in [-0.25, -0.2) is 4.39 Å². The summed E-state index contributed by atoms with van der Waals surface area (Å²) in [7, 11) is 3.08. The molecule has 9 nitrogen and oxygen atoms in total. The van der Waals surface area contributed by atoms with Crippen molar-refractivity contribution in [3.63, 3.8) is 0 Å². The molecule has 0 bridgehead atoms. The van der Waals surface area contributed by atoms with Crippen molar-refractivity contribution >= 4 is 29.5 Å². The average molecular weight is 466 g/mol. The van der Waals surface area contributed by atoms with Gasteiger partial charge in [-0.2, -0.15) is 0 Å². The third-order valence-electron chi connectivity index (χ3n) is 6.08. The van der Waals surface area contributed by atoms with Gasteiger partial charge in [-0.15, -0.1) is 0 Å². The Bertz CT molecular complexity index is 1340. The van der Waals surface area contributed by atoms with E-state index in [1.54, 1.807) is 24.1 Å². The summed E-state index contributed by atoms with van der Waals surface area (Å²) in [5.41, 5.74) is 0.840. The van der Waals surface area contributed by atoms with Crippen LogP contribution in [0.2, 0.25) is 0 Å². The molecule has 5 rings (SSSR count). The fourth-order valence-electron chi connectivity index (χ4n) is 4.25. The number of hydrogen-bond acceptors (Lipinski definition) is 6. The molecule has 34 heavy (non-hydrogen) atoms. The van der Waals surface area contributed by atoms with Gasteiger partial charge in [0.25, 0.3) is 17.4 Å². The molecule has 2 amide bonds. The van der Waals surface area contributed by atoms with Crippen molar-refractivity contribution in [1.29, 1.82) is 0 Å². The summed E-state index contributed by atoms with van der Waals surface area (Å²) >= 11 is 0. The van der Waals surface area contributed by atoms with Gasteiger partial charge in [0, 0.05) is 26.7 Å². The van der Waals surface area contributed by atoms with Crippen molar-refractivity contribution in [2.45, 2.75) is 25.3 Å². The molecular formula is C24H23FN4O5. The van der Waals surface area contributed by atoms with E-state index >= 15 is 0 Å². The molecule has 2 aromatic rings. The number of benzene rings is 1. The minimum Gasteiger partial charge on any atom is -0.505 e. The van der Waals surface area contributed by atoms with Crippen LogP contribution in [0.25, 0.3) is 12.0 Å². The Hall–Kier alpha value is -4.08. The van der Waals surface area contributed by atoms with E-state index in [1.807, 2.05) is 0 Å². The minimum absolute atomic E-state index is 0.0667. The van der Waals surface area contributed by atoms with Crippen LogP contribution in [0.15, 0.2) is 40.4 Å². The van der Waals surface area contributed by atoms with Crippen LogP contribution in [0.1, 0.15) is 34.5 Å². The zero-order valence-corrected chi connectivity index (χ0v) is 18.6. The number of nitrogens with one attached hydrogen (secondary N) is 2. The Morgan fingerprint density at radius 3 is 2.56 bits per heavy atom. The second-order valence-corrected chi connectivity index (χ2v) is 8.61. The van der Waals surface area contributed by atoms with Crippen LogP contribution in [0, 0.1) is 5.82 Å². The van der Waals surface area contributed by atoms with Crippen molar-refractivity contribution in [2.24, 2.45) is 0 Å². The number of halogens is 1. The van der Waals surface area contributed by atoms with Gasteiger partial charge in [-0.3, -0.25) is 19.0 Å². The number of hydrogen-bond donors (Lipinski definition) is 3. The lowest BCUT2D eigenvalue weighted by Gasteiger charge is -2.35. The molecule has 3 heterocycles. The molecule has 0 radical (unpaired) electrons. The Labute approximate surface area is 194 Å². The van der Waals surface area contributed by atoms with Crippen LogP contribution in [0.5, 0.6) is 5.75 Å². The van der Waals surface area contributed by atoms with Crippen LogP contribution >= 0.6 is 0 Å². The first kappa shape index (κ1) is 21.7. The van der Waals surface area contributed by atoms with Gasteiger partial charge in [0.1, 0.15) is 22.8 Å². The van der Waals surface area contributed by atoms with Crippen molar-refractivity contribution in [3.8, 4) is 5.75 Å². The number of aromatic hydroxyl groups is 1. The largest absolute Gasteiger partial charge is 0.505 e. The molecule has 0 saturated heterocycles. The van der Waals surface area contributed by atoms with Crippen molar-refractivity contribution < 1.29 is 23.8 Å². The lowest BCUT2D eigenvalue weighted by atomic mass is 9.96. The molecule has 0 unspecified atom stereocenters. The first-order valence-corrected chi connectivity index (χ1v) is 10.9. The molecule has 1 aliphatic carbocycles. The maximum absolute atomic E-state index is 13.4. The first-order chi connectivity index (χ1) is 16.3. The highest BCUT2D eigenvalue weighted by Crippen LogP contribution is 2.44. The minimum atomic E-state index is -0.774. The molecular weight excluding hydrogens is 443 g/mol. The Balaban J connectivity index is 1.72. The predicted octanol–water partition coefficient (Wildman–Crippen LogP) is 1.56. The molecule has 3 N–H and O–H groups in total. The molecule has 0 atom stereocenters. The van der Waals surface area contributed by atoms with E-state index in [2.05, 4.69) is 10.6 Å². The highest BCUT2D eigenvalue weighted by molar-refractivity contribution is 6.02. The third kappa shape index (κ3) is 3.60. The Kier molecular flexibility index (Phi) is 5.15. The number of carbonyl (C=O) groups excluding carboxylic acids is 2. The maximum Gasteiger partial charge on any atom is 0.288 e. The van der Waals surface area contributed by atoms with Gasteiger partial charge < -0.3 is 25.4 Å². The second-order valence-electron chi connectivity index (χ2n) is 8.61. The smallest absolute Gasteiger partial charge is 0.288 e. The fraction of sp³-hybridized carbons (Fsp3) is 0.292. The average Bonchev–Trinajstić information content (AvgIpc) is 3.63. The summed E-state index contributed by atoms with van der Waals surface area (Å²) in [6, 6.07) is 6.08.